The standard InChI is InChI=1S/C15H30N2O2/c1-3-14-12-17(15-6-5-10-19-13-15)8-7-16(14)9-11-18-4-2/h14-15H,3-13H2,1-2H3/t14-,15+/m1/s1. The maximum Gasteiger partial charge on any atom is 0.0621 e. The van der Waals surface area contributed by atoms with Crippen molar-refractivity contribution in [1.29, 1.82) is 0 Å². The number of hydrogen-bond acceptors (Lipinski definition) is 4. The minimum absolute atomic E-state index is 0.664. The van der Waals surface area contributed by atoms with Crippen LogP contribution in [0.5, 0.6) is 0 Å². The van der Waals surface area contributed by atoms with Crippen LogP contribution in [0.15, 0.2) is 0 Å². The molecule has 0 bridgehead atoms. The summed E-state index contributed by atoms with van der Waals surface area (Å²) in [6.07, 6.45) is 3.78. The van der Waals surface area contributed by atoms with Crippen molar-refractivity contribution in [2.45, 2.75) is 45.2 Å². The van der Waals surface area contributed by atoms with Crippen LogP contribution < -0.4 is 0 Å². The molecule has 2 atom stereocenters. The number of ether oxygens (including phenoxy) is 2. The third-order valence-corrected chi connectivity index (χ3v) is 4.49. The first-order valence-electron chi connectivity index (χ1n) is 7.98. The van der Waals surface area contributed by atoms with Gasteiger partial charge in [-0.1, -0.05) is 6.92 Å². The van der Waals surface area contributed by atoms with Crippen LogP contribution in [0.25, 0.3) is 0 Å². The molecule has 0 aromatic heterocycles. The first kappa shape index (κ1) is 15.2. The summed E-state index contributed by atoms with van der Waals surface area (Å²) in [5.74, 6) is 0. The Kier molecular flexibility index (Phi) is 6.57. The molecule has 0 aromatic carbocycles. The van der Waals surface area contributed by atoms with E-state index >= 15 is 0 Å². The Balaban J connectivity index is 1.79. The van der Waals surface area contributed by atoms with Gasteiger partial charge < -0.3 is 9.47 Å². The second kappa shape index (κ2) is 8.20. The molecule has 0 saturated carbocycles. The van der Waals surface area contributed by atoms with Crippen LogP contribution >= 0.6 is 0 Å². The molecule has 2 aliphatic heterocycles. The van der Waals surface area contributed by atoms with Crippen LogP contribution in [0.4, 0.5) is 0 Å². The highest BCUT2D eigenvalue weighted by atomic mass is 16.5. The van der Waals surface area contributed by atoms with Gasteiger partial charge in [-0.05, 0) is 26.2 Å². The Bertz CT molecular complexity index is 244. The normalized spacial score (nSPS) is 30.6. The Hall–Kier alpha value is -0.160. The fourth-order valence-corrected chi connectivity index (χ4v) is 3.27. The molecule has 2 rings (SSSR count). The van der Waals surface area contributed by atoms with Crippen molar-refractivity contribution in [1.82, 2.24) is 9.80 Å². The van der Waals surface area contributed by atoms with Crippen molar-refractivity contribution in [3.05, 3.63) is 0 Å². The van der Waals surface area contributed by atoms with Crippen molar-refractivity contribution in [3.63, 3.8) is 0 Å². The average molecular weight is 270 g/mol. The SMILES string of the molecule is CCOCCN1CCN([C@H]2CCCOC2)C[C@H]1CC. The van der Waals surface area contributed by atoms with E-state index in [1.165, 1.54) is 38.9 Å². The summed E-state index contributed by atoms with van der Waals surface area (Å²) in [7, 11) is 0. The van der Waals surface area contributed by atoms with Gasteiger partial charge in [0.15, 0.2) is 0 Å². The molecule has 0 aliphatic carbocycles. The number of nitrogens with zero attached hydrogens (tertiary/aromatic N) is 2. The Morgan fingerprint density at radius 3 is 2.84 bits per heavy atom. The van der Waals surface area contributed by atoms with Crippen molar-refractivity contribution < 1.29 is 9.47 Å². The predicted molar refractivity (Wildman–Crippen MR) is 77.6 cm³/mol. The third-order valence-electron chi connectivity index (χ3n) is 4.49. The van der Waals surface area contributed by atoms with E-state index in [0.29, 0.717) is 12.1 Å². The maximum absolute atomic E-state index is 5.64. The van der Waals surface area contributed by atoms with Crippen LogP contribution in [0.2, 0.25) is 0 Å². The molecule has 2 aliphatic rings. The fraction of sp³-hybridized carbons (Fsp3) is 1.00. The lowest BCUT2D eigenvalue weighted by Crippen LogP contribution is -2.57. The van der Waals surface area contributed by atoms with Crippen LogP contribution in [0.1, 0.15) is 33.1 Å². The molecule has 2 saturated heterocycles. The molecule has 19 heavy (non-hydrogen) atoms. The van der Waals surface area contributed by atoms with E-state index in [2.05, 4.69) is 23.6 Å². The summed E-state index contributed by atoms with van der Waals surface area (Å²) in [6.45, 7) is 12.6. The van der Waals surface area contributed by atoms with Gasteiger partial charge in [-0.3, -0.25) is 9.80 Å². The average Bonchev–Trinajstić information content (AvgIpc) is 2.48. The molecule has 112 valence electrons. The molecule has 0 N–H and O–H groups in total. The highest BCUT2D eigenvalue weighted by Crippen LogP contribution is 2.19. The Labute approximate surface area is 118 Å². The highest BCUT2D eigenvalue weighted by Gasteiger charge is 2.30. The Morgan fingerprint density at radius 2 is 2.16 bits per heavy atom. The summed E-state index contributed by atoms with van der Waals surface area (Å²) in [4.78, 5) is 5.26. The van der Waals surface area contributed by atoms with Gasteiger partial charge in [0.2, 0.25) is 0 Å². The van der Waals surface area contributed by atoms with E-state index in [9.17, 15) is 0 Å². The lowest BCUT2D eigenvalue weighted by Gasteiger charge is -2.45. The molecule has 4 nitrogen and oxygen atoms in total. The van der Waals surface area contributed by atoms with E-state index in [1.54, 1.807) is 0 Å². The second-order valence-electron chi connectivity index (χ2n) is 5.66. The molecular formula is C15H30N2O2. The van der Waals surface area contributed by atoms with Crippen LogP contribution in [-0.2, 0) is 9.47 Å². The van der Waals surface area contributed by atoms with Gasteiger partial charge in [0.25, 0.3) is 0 Å². The molecule has 0 amide bonds. The summed E-state index contributed by atoms with van der Waals surface area (Å²) in [5, 5.41) is 0. The molecular weight excluding hydrogens is 240 g/mol. The van der Waals surface area contributed by atoms with Crippen LogP contribution in [0.3, 0.4) is 0 Å². The van der Waals surface area contributed by atoms with Gasteiger partial charge in [0.05, 0.1) is 13.2 Å². The van der Waals surface area contributed by atoms with Gasteiger partial charge in [0, 0.05) is 51.5 Å². The molecule has 0 spiro atoms. The minimum atomic E-state index is 0.664. The minimum Gasteiger partial charge on any atom is -0.380 e. The van der Waals surface area contributed by atoms with E-state index in [0.717, 1.165) is 33.0 Å². The first-order valence-corrected chi connectivity index (χ1v) is 7.98. The molecule has 0 aromatic rings. The van der Waals surface area contributed by atoms with Crippen molar-refractivity contribution in [2.24, 2.45) is 0 Å². The molecule has 2 heterocycles. The number of hydrogen-bond donors (Lipinski definition) is 0. The zero-order valence-electron chi connectivity index (χ0n) is 12.6. The lowest BCUT2D eigenvalue weighted by atomic mass is 10.0. The quantitative estimate of drug-likeness (QED) is 0.685. The monoisotopic (exact) mass is 270 g/mol. The van der Waals surface area contributed by atoms with Crippen LogP contribution in [-0.4, -0.2) is 74.5 Å². The summed E-state index contributed by atoms with van der Waals surface area (Å²) < 4.78 is 11.1. The number of piperazine rings is 1. The molecule has 2 fully saturated rings. The van der Waals surface area contributed by atoms with Crippen molar-refractivity contribution >= 4 is 0 Å². The second-order valence-corrected chi connectivity index (χ2v) is 5.66. The van der Waals surface area contributed by atoms with E-state index in [-0.39, 0.29) is 0 Å². The van der Waals surface area contributed by atoms with E-state index < -0.39 is 0 Å². The molecule has 4 heteroatoms. The third kappa shape index (κ3) is 4.42. The zero-order valence-corrected chi connectivity index (χ0v) is 12.6. The van der Waals surface area contributed by atoms with Gasteiger partial charge in [-0.25, -0.2) is 0 Å². The van der Waals surface area contributed by atoms with Gasteiger partial charge in [0.1, 0.15) is 0 Å². The van der Waals surface area contributed by atoms with Crippen LogP contribution in [0, 0.1) is 0 Å². The smallest absolute Gasteiger partial charge is 0.0621 e. The lowest BCUT2D eigenvalue weighted by molar-refractivity contribution is -0.0243. The van der Waals surface area contributed by atoms with E-state index in [4.69, 9.17) is 9.47 Å². The fourth-order valence-electron chi connectivity index (χ4n) is 3.27. The largest absolute Gasteiger partial charge is 0.380 e. The maximum atomic E-state index is 5.64. The summed E-state index contributed by atoms with van der Waals surface area (Å²) >= 11 is 0. The van der Waals surface area contributed by atoms with E-state index in [1.807, 2.05) is 0 Å². The van der Waals surface area contributed by atoms with Gasteiger partial charge in [-0.2, -0.15) is 0 Å². The van der Waals surface area contributed by atoms with Gasteiger partial charge in [-0.15, -0.1) is 0 Å². The molecule has 0 radical (unpaired) electrons. The first-order chi connectivity index (χ1) is 9.35. The predicted octanol–water partition coefficient (Wildman–Crippen LogP) is 1.60. The van der Waals surface area contributed by atoms with Crippen molar-refractivity contribution in [2.75, 3.05) is 52.6 Å². The topological polar surface area (TPSA) is 24.9 Å². The highest BCUT2D eigenvalue weighted by molar-refractivity contribution is 4.85. The number of rotatable bonds is 6. The molecule has 0 unspecified atom stereocenters. The summed E-state index contributed by atoms with van der Waals surface area (Å²) in [5.41, 5.74) is 0. The zero-order chi connectivity index (χ0) is 13.5. The summed E-state index contributed by atoms with van der Waals surface area (Å²) in [6, 6.07) is 1.35. The van der Waals surface area contributed by atoms with Gasteiger partial charge >= 0.3 is 0 Å². The van der Waals surface area contributed by atoms with Crippen molar-refractivity contribution in [3.8, 4) is 0 Å². The Morgan fingerprint density at radius 1 is 1.26 bits per heavy atom.